The summed E-state index contributed by atoms with van der Waals surface area (Å²) in [6, 6.07) is 75.1. The number of anilines is 1. The van der Waals surface area contributed by atoms with E-state index in [1.165, 1.54) is 100 Å². The molecule has 296 valence electrons. The Bertz CT molecular complexity index is 3160. The second kappa shape index (κ2) is 12.8. The first kappa shape index (κ1) is 35.1. The third kappa shape index (κ3) is 4.36. The van der Waals surface area contributed by atoms with Gasteiger partial charge in [0.2, 0.25) is 5.91 Å². The number of carbonyl (C=O) groups is 1. The molecule has 9 aromatic carbocycles. The standard InChI is InChI=1S/C61H41NO/c63-57-33-13-14-34-62(57)40-36-38(41-23-15-31-55-58(41)47-21-5-11-29-53(47)60(55)49-25-7-1-17-43(49)44-18-2-8-26-50(44)60)35-39(37-40)42-24-16-32-56-59(42)48-22-6-12-30-54(48)61(56)51-27-9-3-19-45(51)46-20-4-10-28-52(46)61/h1-12,15-32,35-37H,13-14,33-34H2. The van der Waals surface area contributed by atoms with Crippen molar-refractivity contribution < 1.29 is 4.79 Å². The molecule has 5 aliphatic rings. The molecule has 0 atom stereocenters. The highest BCUT2D eigenvalue weighted by atomic mass is 16.2. The molecule has 14 rings (SSSR count). The largest absolute Gasteiger partial charge is 0.312 e. The van der Waals surface area contributed by atoms with E-state index < -0.39 is 10.8 Å². The van der Waals surface area contributed by atoms with Gasteiger partial charge in [-0.25, -0.2) is 0 Å². The fourth-order valence-electron chi connectivity index (χ4n) is 12.9. The van der Waals surface area contributed by atoms with Crippen LogP contribution in [0.4, 0.5) is 5.69 Å². The summed E-state index contributed by atoms with van der Waals surface area (Å²) >= 11 is 0. The molecule has 1 amide bonds. The van der Waals surface area contributed by atoms with Crippen LogP contribution in [0.15, 0.2) is 200 Å². The Morgan fingerprint density at radius 1 is 0.333 bits per heavy atom. The maximum atomic E-state index is 13.9. The monoisotopic (exact) mass is 803 g/mol. The lowest BCUT2D eigenvalue weighted by Gasteiger charge is -2.31. The first-order valence-electron chi connectivity index (χ1n) is 22.5. The van der Waals surface area contributed by atoms with Crippen LogP contribution in [0.1, 0.15) is 63.8 Å². The fourth-order valence-corrected chi connectivity index (χ4v) is 12.9. The second-order valence-electron chi connectivity index (χ2n) is 18.0. The molecule has 2 spiro atoms. The van der Waals surface area contributed by atoms with Gasteiger partial charge in [-0.1, -0.05) is 182 Å². The maximum absolute atomic E-state index is 13.9. The molecule has 1 aliphatic heterocycles. The molecular formula is C61H41NO. The maximum Gasteiger partial charge on any atom is 0.226 e. The number of hydrogen-bond donors (Lipinski definition) is 0. The van der Waals surface area contributed by atoms with Crippen molar-refractivity contribution in [3.63, 3.8) is 0 Å². The Hall–Kier alpha value is -7.55. The molecule has 63 heavy (non-hydrogen) atoms. The second-order valence-corrected chi connectivity index (χ2v) is 18.0. The Balaban J connectivity index is 1.05. The summed E-state index contributed by atoms with van der Waals surface area (Å²) in [4.78, 5) is 16.0. The molecular weight excluding hydrogens is 763 g/mol. The van der Waals surface area contributed by atoms with Crippen molar-refractivity contribution in [3.8, 4) is 66.8 Å². The van der Waals surface area contributed by atoms with E-state index in [4.69, 9.17) is 0 Å². The molecule has 1 fully saturated rings. The number of rotatable bonds is 3. The van der Waals surface area contributed by atoms with Gasteiger partial charge in [-0.3, -0.25) is 4.79 Å². The normalized spacial score (nSPS) is 15.9. The number of fused-ring (bicyclic) bond motifs is 20. The zero-order chi connectivity index (χ0) is 41.4. The first-order valence-corrected chi connectivity index (χ1v) is 22.5. The lowest BCUT2D eigenvalue weighted by atomic mass is 9.70. The zero-order valence-electron chi connectivity index (χ0n) is 34.7. The van der Waals surface area contributed by atoms with E-state index in [0.717, 1.165) is 36.2 Å². The third-order valence-electron chi connectivity index (χ3n) is 15.2. The van der Waals surface area contributed by atoms with Gasteiger partial charge >= 0.3 is 0 Å². The molecule has 1 heterocycles. The lowest BCUT2D eigenvalue weighted by Crippen LogP contribution is -2.35. The average Bonchev–Trinajstić information content (AvgIpc) is 4.03. The van der Waals surface area contributed by atoms with Crippen LogP contribution >= 0.6 is 0 Å². The van der Waals surface area contributed by atoms with Gasteiger partial charge in [0, 0.05) is 18.7 Å². The summed E-state index contributed by atoms with van der Waals surface area (Å²) in [5, 5.41) is 0. The molecule has 4 aliphatic carbocycles. The molecule has 1 saturated heterocycles. The van der Waals surface area contributed by atoms with Gasteiger partial charge in [-0.05, 0) is 142 Å². The van der Waals surface area contributed by atoms with Crippen molar-refractivity contribution in [1.82, 2.24) is 0 Å². The van der Waals surface area contributed by atoms with Crippen molar-refractivity contribution in [2.45, 2.75) is 30.1 Å². The van der Waals surface area contributed by atoms with Crippen molar-refractivity contribution in [2.24, 2.45) is 0 Å². The van der Waals surface area contributed by atoms with Gasteiger partial charge in [0.05, 0.1) is 10.8 Å². The molecule has 0 radical (unpaired) electrons. The highest BCUT2D eigenvalue weighted by Crippen LogP contribution is 2.66. The molecule has 0 bridgehead atoms. The summed E-state index contributed by atoms with van der Waals surface area (Å²) in [6.07, 6.45) is 2.50. The van der Waals surface area contributed by atoms with Crippen LogP contribution < -0.4 is 4.90 Å². The highest BCUT2D eigenvalue weighted by Gasteiger charge is 2.53. The van der Waals surface area contributed by atoms with Gasteiger partial charge < -0.3 is 4.90 Å². The van der Waals surface area contributed by atoms with Gasteiger partial charge in [0.25, 0.3) is 0 Å². The number of benzene rings is 9. The van der Waals surface area contributed by atoms with Crippen LogP contribution in [-0.2, 0) is 15.6 Å². The van der Waals surface area contributed by atoms with Crippen molar-refractivity contribution in [1.29, 1.82) is 0 Å². The number of amides is 1. The van der Waals surface area contributed by atoms with Crippen LogP contribution in [0.25, 0.3) is 66.8 Å². The minimum absolute atomic E-state index is 0.202. The lowest BCUT2D eigenvalue weighted by molar-refractivity contribution is -0.119. The molecule has 9 aromatic rings. The van der Waals surface area contributed by atoms with E-state index in [1.807, 2.05) is 0 Å². The molecule has 0 unspecified atom stereocenters. The molecule has 2 nitrogen and oxygen atoms in total. The van der Waals surface area contributed by atoms with Gasteiger partial charge in [-0.15, -0.1) is 0 Å². The van der Waals surface area contributed by atoms with E-state index in [2.05, 4.69) is 205 Å². The number of nitrogens with zero attached hydrogens (tertiary/aromatic N) is 1. The number of carbonyl (C=O) groups excluding carboxylic acids is 1. The van der Waals surface area contributed by atoms with Gasteiger partial charge in [0.15, 0.2) is 0 Å². The predicted molar refractivity (Wildman–Crippen MR) is 256 cm³/mol. The minimum atomic E-state index is -0.440. The van der Waals surface area contributed by atoms with E-state index in [1.54, 1.807) is 0 Å². The third-order valence-corrected chi connectivity index (χ3v) is 15.2. The van der Waals surface area contributed by atoms with Crippen LogP contribution in [-0.4, -0.2) is 12.5 Å². The quantitative estimate of drug-likeness (QED) is 0.174. The summed E-state index contributed by atoms with van der Waals surface area (Å²) in [5.74, 6) is 0.202. The van der Waals surface area contributed by atoms with E-state index >= 15 is 0 Å². The SMILES string of the molecule is O=C1CCCCN1c1cc(-c2cccc3c2-c2ccccc2C32c3ccccc3-c3ccccc32)cc(-c2cccc3c2-c2ccccc2C32c3ccccc3-c3ccccc32)c1. The smallest absolute Gasteiger partial charge is 0.226 e. The van der Waals surface area contributed by atoms with Crippen molar-refractivity contribution in [3.05, 3.63) is 245 Å². The molecule has 2 heteroatoms. The van der Waals surface area contributed by atoms with Crippen LogP contribution in [0.5, 0.6) is 0 Å². The molecule has 0 N–H and O–H groups in total. The minimum Gasteiger partial charge on any atom is -0.312 e. The Morgan fingerprint density at radius 2 is 0.667 bits per heavy atom. The zero-order valence-corrected chi connectivity index (χ0v) is 34.7. The average molecular weight is 804 g/mol. The van der Waals surface area contributed by atoms with E-state index in [0.29, 0.717) is 6.42 Å². The van der Waals surface area contributed by atoms with Crippen molar-refractivity contribution in [2.75, 3.05) is 11.4 Å². The van der Waals surface area contributed by atoms with Gasteiger partial charge in [-0.2, -0.15) is 0 Å². The predicted octanol–water partition coefficient (Wildman–Crippen LogP) is 14.2. The topological polar surface area (TPSA) is 20.3 Å². The first-order chi connectivity index (χ1) is 31.2. The van der Waals surface area contributed by atoms with Crippen LogP contribution in [0, 0.1) is 0 Å². The number of hydrogen-bond acceptors (Lipinski definition) is 1. The Morgan fingerprint density at radius 3 is 1.06 bits per heavy atom. The highest BCUT2D eigenvalue weighted by molar-refractivity contribution is 6.04. The number of piperidine rings is 1. The fraction of sp³-hybridized carbons (Fsp3) is 0.0984. The van der Waals surface area contributed by atoms with E-state index in [9.17, 15) is 4.79 Å². The summed E-state index contributed by atoms with van der Waals surface area (Å²) < 4.78 is 0. The summed E-state index contributed by atoms with van der Waals surface area (Å²) in [7, 11) is 0. The van der Waals surface area contributed by atoms with Gasteiger partial charge in [0.1, 0.15) is 0 Å². The Kier molecular flexibility index (Phi) is 7.10. The summed E-state index contributed by atoms with van der Waals surface area (Å²) in [5.41, 5.74) is 25.6. The van der Waals surface area contributed by atoms with Crippen LogP contribution in [0.2, 0.25) is 0 Å². The van der Waals surface area contributed by atoms with Crippen LogP contribution in [0.3, 0.4) is 0 Å². The summed E-state index contributed by atoms with van der Waals surface area (Å²) in [6.45, 7) is 0.723. The van der Waals surface area contributed by atoms with Crippen molar-refractivity contribution >= 4 is 11.6 Å². The Labute approximate surface area is 367 Å². The van der Waals surface area contributed by atoms with E-state index in [-0.39, 0.29) is 5.91 Å². The molecule has 0 saturated carbocycles. The molecule has 0 aromatic heterocycles.